The molecule has 0 saturated heterocycles. The summed E-state index contributed by atoms with van der Waals surface area (Å²) in [6.45, 7) is 0. The summed E-state index contributed by atoms with van der Waals surface area (Å²) < 4.78 is 0. The number of nitrogens with two attached hydrogens (primary N) is 1. The highest BCUT2D eigenvalue weighted by Gasteiger charge is 2.30. The number of hydrogen-bond donors (Lipinski definition) is 2. The van der Waals surface area contributed by atoms with Crippen molar-refractivity contribution in [2.24, 2.45) is 17.6 Å². The van der Waals surface area contributed by atoms with Crippen molar-refractivity contribution < 1.29 is 4.79 Å². The fourth-order valence-electron chi connectivity index (χ4n) is 3.37. The van der Waals surface area contributed by atoms with Gasteiger partial charge in [-0.15, -0.1) is 0 Å². The second-order valence-electron chi connectivity index (χ2n) is 5.93. The van der Waals surface area contributed by atoms with Gasteiger partial charge in [-0.1, -0.05) is 36.8 Å². The predicted molar refractivity (Wildman–Crippen MR) is 82.3 cm³/mol. The zero-order chi connectivity index (χ0) is 14.4. The maximum absolute atomic E-state index is 12.2. The first-order valence-corrected chi connectivity index (χ1v) is 7.71. The molecule has 110 valence electrons. The first-order valence-electron chi connectivity index (χ1n) is 7.71. The molecule has 1 aromatic carbocycles. The number of carbonyl (C=O) groups is 1. The van der Waals surface area contributed by atoms with Gasteiger partial charge in [0.1, 0.15) is 0 Å². The van der Waals surface area contributed by atoms with E-state index in [0.717, 1.165) is 38.5 Å². The van der Waals surface area contributed by atoms with E-state index in [2.05, 4.69) is 29.6 Å². The number of hydrogen-bond acceptors (Lipinski definition) is 2. The summed E-state index contributed by atoms with van der Waals surface area (Å²) in [6.07, 6.45) is 6.28. The van der Waals surface area contributed by atoms with Gasteiger partial charge in [0, 0.05) is 19.0 Å². The Hall–Kier alpha value is -1.35. The van der Waals surface area contributed by atoms with Crippen LogP contribution in [0.4, 0.5) is 0 Å². The van der Waals surface area contributed by atoms with E-state index in [1.165, 1.54) is 5.56 Å². The molecule has 20 heavy (non-hydrogen) atoms. The van der Waals surface area contributed by atoms with Gasteiger partial charge in [0.05, 0.1) is 0 Å². The van der Waals surface area contributed by atoms with Crippen LogP contribution in [0.15, 0.2) is 30.3 Å². The first kappa shape index (κ1) is 15.0. The van der Waals surface area contributed by atoms with Crippen molar-refractivity contribution in [2.75, 3.05) is 7.05 Å². The molecule has 0 bridgehead atoms. The third-order valence-corrected chi connectivity index (χ3v) is 4.49. The number of benzene rings is 1. The summed E-state index contributed by atoms with van der Waals surface area (Å²) in [5.41, 5.74) is 7.39. The van der Waals surface area contributed by atoms with Crippen LogP contribution in [-0.2, 0) is 11.2 Å². The van der Waals surface area contributed by atoms with E-state index in [-0.39, 0.29) is 17.9 Å². The maximum Gasteiger partial charge on any atom is 0.223 e. The smallest absolute Gasteiger partial charge is 0.223 e. The van der Waals surface area contributed by atoms with Crippen LogP contribution >= 0.6 is 0 Å². The second kappa shape index (κ2) is 7.44. The van der Waals surface area contributed by atoms with Gasteiger partial charge in [-0.3, -0.25) is 4.79 Å². The largest absolute Gasteiger partial charge is 0.359 e. The highest BCUT2D eigenvalue weighted by Crippen LogP contribution is 2.32. The van der Waals surface area contributed by atoms with Crippen molar-refractivity contribution >= 4 is 5.91 Å². The monoisotopic (exact) mass is 274 g/mol. The molecule has 1 amide bonds. The van der Waals surface area contributed by atoms with Crippen LogP contribution in [0.3, 0.4) is 0 Å². The average Bonchev–Trinajstić information content (AvgIpc) is 2.48. The topological polar surface area (TPSA) is 55.1 Å². The van der Waals surface area contributed by atoms with E-state index in [1.807, 2.05) is 6.07 Å². The number of aryl methyl sites for hydroxylation is 1. The Kier molecular flexibility index (Phi) is 5.60. The van der Waals surface area contributed by atoms with Gasteiger partial charge in [0.25, 0.3) is 0 Å². The molecule has 0 spiro atoms. The molecule has 0 radical (unpaired) electrons. The fourth-order valence-corrected chi connectivity index (χ4v) is 3.37. The molecule has 1 aliphatic rings. The molecule has 3 N–H and O–H groups in total. The third kappa shape index (κ3) is 4.07. The normalized spacial score (nSPS) is 24.1. The zero-order valence-electron chi connectivity index (χ0n) is 12.3. The Morgan fingerprint density at radius 1 is 1.35 bits per heavy atom. The molecule has 1 fully saturated rings. The van der Waals surface area contributed by atoms with Crippen LogP contribution in [0.2, 0.25) is 0 Å². The van der Waals surface area contributed by atoms with Gasteiger partial charge < -0.3 is 11.1 Å². The molecule has 1 aromatic rings. The Morgan fingerprint density at radius 2 is 2.10 bits per heavy atom. The minimum Gasteiger partial charge on any atom is -0.359 e. The quantitative estimate of drug-likeness (QED) is 0.866. The molecule has 0 aromatic heterocycles. The van der Waals surface area contributed by atoms with Crippen LogP contribution < -0.4 is 11.1 Å². The molecule has 3 unspecified atom stereocenters. The number of rotatable bonds is 5. The molecule has 3 nitrogen and oxygen atoms in total. The summed E-state index contributed by atoms with van der Waals surface area (Å²) >= 11 is 0. The van der Waals surface area contributed by atoms with Crippen molar-refractivity contribution in [1.29, 1.82) is 0 Å². The lowest BCUT2D eigenvalue weighted by Crippen LogP contribution is -2.38. The molecule has 1 saturated carbocycles. The van der Waals surface area contributed by atoms with Crippen LogP contribution in [0.25, 0.3) is 0 Å². The first-order chi connectivity index (χ1) is 9.70. The highest BCUT2D eigenvalue weighted by molar-refractivity contribution is 5.78. The van der Waals surface area contributed by atoms with Crippen LogP contribution in [0.1, 0.15) is 37.7 Å². The van der Waals surface area contributed by atoms with Gasteiger partial charge in [0.15, 0.2) is 0 Å². The maximum atomic E-state index is 12.2. The Balaban J connectivity index is 1.98. The van der Waals surface area contributed by atoms with E-state index in [1.54, 1.807) is 7.05 Å². The van der Waals surface area contributed by atoms with Gasteiger partial charge >= 0.3 is 0 Å². The standard InChI is InChI=1S/C17H26N2O/c1-19-17(20)16(14-8-5-9-15(18)12-14)11-10-13-6-3-2-4-7-13/h2-4,6-7,14-16H,5,8-12,18H2,1H3,(H,19,20). The molecular weight excluding hydrogens is 248 g/mol. The summed E-state index contributed by atoms with van der Waals surface area (Å²) in [7, 11) is 1.74. The Labute approximate surface area is 121 Å². The summed E-state index contributed by atoms with van der Waals surface area (Å²) in [4.78, 5) is 12.2. The van der Waals surface area contributed by atoms with Crippen molar-refractivity contribution in [3.05, 3.63) is 35.9 Å². The molecule has 3 heteroatoms. The van der Waals surface area contributed by atoms with Crippen molar-refractivity contribution in [2.45, 2.75) is 44.6 Å². The van der Waals surface area contributed by atoms with Crippen molar-refractivity contribution in [1.82, 2.24) is 5.32 Å². The summed E-state index contributed by atoms with van der Waals surface area (Å²) in [5.74, 6) is 0.731. The number of amides is 1. The summed E-state index contributed by atoms with van der Waals surface area (Å²) in [6, 6.07) is 10.7. The molecule has 0 heterocycles. The minimum atomic E-state index is 0.103. The Morgan fingerprint density at radius 3 is 2.75 bits per heavy atom. The average molecular weight is 274 g/mol. The molecule has 2 rings (SSSR count). The second-order valence-corrected chi connectivity index (χ2v) is 5.93. The van der Waals surface area contributed by atoms with E-state index in [4.69, 9.17) is 5.73 Å². The lowest BCUT2D eigenvalue weighted by Gasteiger charge is -2.32. The predicted octanol–water partition coefficient (Wildman–Crippen LogP) is 2.50. The van der Waals surface area contributed by atoms with E-state index in [9.17, 15) is 4.79 Å². The molecular formula is C17H26N2O. The number of carbonyl (C=O) groups excluding carboxylic acids is 1. The lowest BCUT2D eigenvalue weighted by molar-refractivity contribution is -0.126. The van der Waals surface area contributed by atoms with Gasteiger partial charge in [-0.2, -0.15) is 0 Å². The van der Waals surface area contributed by atoms with E-state index < -0.39 is 0 Å². The third-order valence-electron chi connectivity index (χ3n) is 4.49. The molecule has 3 atom stereocenters. The fraction of sp³-hybridized carbons (Fsp3) is 0.588. The van der Waals surface area contributed by atoms with Crippen molar-refractivity contribution in [3.63, 3.8) is 0 Å². The van der Waals surface area contributed by atoms with Gasteiger partial charge in [-0.25, -0.2) is 0 Å². The lowest BCUT2D eigenvalue weighted by atomic mass is 9.75. The van der Waals surface area contributed by atoms with Crippen molar-refractivity contribution in [3.8, 4) is 0 Å². The van der Waals surface area contributed by atoms with E-state index >= 15 is 0 Å². The van der Waals surface area contributed by atoms with Gasteiger partial charge in [0.2, 0.25) is 5.91 Å². The van der Waals surface area contributed by atoms with Crippen LogP contribution in [0, 0.1) is 11.8 Å². The minimum absolute atomic E-state index is 0.103. The highest BCUT2D eigenvalue weighted by atomic mass is 16.1. The number of nitrogens with one attached hydrogen (secondary N) is 1. The van der Waals surface area contributed by atoms with Crippen LogP contribution in [-0.4, -0.2) is 19.0 Å². The molecule has 0 aliphatic heterocycles. The SMILES string of the molecule is CNC(=O)C(CCc1ccccc1)C1CCCC(N)C1. The van der Waals surface area contributed by atoms with Gasteiger partial charge in [-0.05, 0) is 43.6 Å². The van der Waals surface area contributed by atoms with E-state index in [0.29, 0.717) is 5.92 Å². The molecule has 1 aliphatic carbocycles. The zero-order valence-corrected chi connectivity index (χ0v) is 12.3. The Bertz CT molecular complexity index is 418. The van der Waals surface area contributed by atoms with Crippen LogP contribution in [0.5, 0.6) is 0 Å². The summed E-state index contributed by atoms with van der Waals surface area (Å²) in [5, 5.41) is 2.83.